The SMILES string of the molecule is O=C(CCc1cc2n(n1)CCCNC2)Nc1cccc(OC2CCCC2)c1. The van der Waals surface area contributed by atoms with Gasteiger partial charge in [0.25, 0.3) is 0 Å². The highest BCUT2D eigenvalue weighted by molar-refractivity contribution is 5.91. The number of aromatic nitrogens is 2. The Hall–Kier alpha value is -2.34. The number of ether oxygens (including phenoxy) is 1. The van der Waals surface area contributed by atoms with E-state index in [9.17, 15) is 4.79 Å². The smallest absolute Gasteiger partial charge is 0.224 e. The van der Waals surface area contributed by atoms with Gasteiger partial charge in [-0.3, -0.25) is 9.48 Å². The van der Waals surface area contributed by atoms with E-state index >= 15 is 0 Å². The molecule has 144 valence electrons. The molecule has 0 atom stereocenters. The predicted molar refractivity (Wildman–Crippen MR) is 105 cm³/mol. The van der Waals surface area contributed by atoms with Gasteiger partial charge in [-0.15, -0.1) is 0 Å². The van der Waals surface area contributed by atoms with Crippen molar-refractivity contribution in [3.63, 3.8) is 0 Å². The van der Waals surface area contributed by atoms with Crippen LogP contribution in [0.4, 0.5) is 5.69 Å². The number of carbonyl (C=O) groups is 1. The second-order valence-corrected chi connectivity index (χ2v) is 7.48. The molecule has 2 aliphatic rings. The number of amides is 1. The van der Waals surface area contributed by atoms with Gasteiger partial charge in [0.2, 0.25) is 5.91 Å². The van der Waals surface area contributed by atoms with Gasteiger partial charge in [-0.2, -0.15) is 5.10 Å². The Morgan fingerprint density at radius 2 is 2.15 bits per heavy atom. The molecular weight excluding hydrogens is 340 g/mol. The lowest BCUT2D eigenvalue weighted by Gasteiger charge is -2.14. The van der Waals surface area contributed by atoms with Crippen molar-refractivity contribution in [3.05, 3.63) is 41.7 Å². The second kappa shape index (κ2) is 8.57. The van der Waals surface area contributed by atoms with Gasteiger partial charge >= 0.3 is 0 Å². The van der Waals surface area contributed by atoms with Crippen molar-refractivity contribution >= 4 is 11.6 Å². The zero-order chi connectivity index (χ0) is 18.5. The highest BCUT2D eigenvalue weighted by Crippen LogP contribution is 2.25. The Morgan fingerprint density at radius 3 is 3.04 bits per heavy atom. The third kappa shape index (κ3) is 4.89. The number of hydrogen-bond acceptors (Lipinski definition) is 4. The van der Waals surface area contributed by atoms with Crippen molar-refractivity contribution in [1.82, 2.24) is 15.1 Å². The maximum atomic E-state index is 12.3. The normalized spacial score (nSPS) is 17.3. The fraction of sp³-hybridized carbons (Fsp3) is 0.524. The first kappa shape index (κ1) is 18.0. The van der Waals surface area contributed by atoms with E-state index < -0.39 is 0 Å². The molecule has 0 spiro atoms. The summed E-state index contributed by atoms with van der Waals surface area (Å²) in [7, 11) is 0. The number of rotatable bonds is 6. The molecule has 0 unspecified atom stereocenters. The molecule has 2 heterocycles. The summed E-state index contributed by atoms with van der Waals surface area (Å²) < 4.78 is 8.08. The van der Waals surface area contributed by atoms with Crippen molar-refractivity contribution in [1.29, 1.82) is 0 Å². The molecule has 1 aromatic heterocycles. The summed E-state index contributed by atoms with van der Waals surface area (Å²) in [5.74, 6) is 0.847. The minimum absolute atomic E-state index is 0.00864. The van der Waals surface area contributed by atoms with Crippen molar-refractivity contribution in [2.75, 3.05) is 11.9 Å². The summed E-state index contributed by atoms with van der Waals surface area (Å²) in [6.07, 6.45) is 7.24. The van der Waals surface area contributed by atoms with Gasteiger partial charge < -0.3 is 15.4 Å². The molecule has 6 nitrogen and oxygen atoms in total. The van der Waals surface area contributed by atoms with E-state index in [1.54, 1.807) is 0 Å². The van der Waals surface area contributed by atoms with Gasteiger partial charge in [0.15, 0.2) is 0 Å². The van der Waals surface area contributed by atoms with Crippen LogP contribution in [0.15, 0.2) is 30.3 Å². The average Bonchev–Trinajstić information content (AvgIpc) is 3.25. The Kier molecular flexibility index (Phi) is 5.72. The molecule has 1 aromatic carbocycles. The summed E-state index contributed by atoms with van der Waals surface area (Å²) in [4.78, 5) is 12.3. The van der Waals surface area contributed by atoms with Crippen molar-refractivity contribution in [2.45, 2.75) is 64.1 Å². The molecule has 0 bridgehead atoms. The number of nitrogens with one attached hydrogen (secondary N) is 2. The molecule has 2 aromatic rings. The number of benzene rings is 1. The largest absolute Gasteiger partial charge is 0.490 e. The zero-order valence-corrected chi connectivity index (χ0v) is 15.7. The van der Waals surface area contributed by atoms with Crippen LogP contribution >= 0.6 is 0 Å². The first-order valence-electron chi connectivity index (χ1n) is 10.1. The summed E-state index contributed by atoms with van der Waals surface area (Å²) >= 11 is 0. The van der Waals surface area contributed by atoms with Crippen LogP contribution < -0.4 is 15.4 Å². The topological polar surface area (TPSA) is 68.2 Å². The molecule has 1 aliphatic carbocycles. The Morgan fingerprint density at radius 1 is 1.26 bits per heavy atom. The van der Waals surface area contributed by atoms with Gasteiger partial charge in [-0.05, 0) is 56.8 Å². The van der Waals surface area contributed by atoms with Gasteiger partial charge in [0, 0.05) is 37.7 Å². The van der Waals surface area contributed by atoms with Crippen LogP contribution in [-0.2, 0) is 24.3 Å². The molecule has 0 saturated heterocycles. The lowest BCUT2D eigenvalue weighted by atomic mass is 10.2. The van der Waals surface area contributed by atoms with Crippen LogP contribution in [0.5, 0.6) is 5.75 Å². The van der Waals surface area contributed by atoms with Crippen LogP contribution in [-0.4, -0.2) is 28.3 Å². The van der Waals surface area contributed by atoms with E-state index in [0.717, 1.165) is 56.0 Å². The fourth-order valence-electron chi connectivity index (χ4n) is 3.85. The first-order chi connectivity index (χ1) is 13.3. The number of nitrogens with zero attached hydrogens (tertiary/aromatic N) is 2. The molecular formula is C21H28N4O2. The van der Waals surface area contributed by atoms with Crippen molar-refractivity contribution < 1.29 is 9.53 Å². The molecule has 1 saturated carbocycles. The van der Waals surface area contributed by atoms with E-state index in [2.05, 4.69) is 26.5 Å². The van der Waals surface area contributed by atoms with E-state index in [0.29, 0.717) is 18.9 Å². The molecule has 2 N–H and O–H groups in total. The number of aryl methyl sites for hydroxylation is 2. The maximum absolute atomic E-state index is 12.3. The third-order valence-corrected chi connectivity index (χ3v) is 5.27. The fourth-order valence-corrected chi connectivity index (χ4v) is 3.85. The molecule has 27 heavy (non-hydrogen) atoms. The van der Waals surface area contributed by atoms with Gasteiger partial charge in [0.05, 0.1) is 17.5 Å². The second-order valence-electron chi connectivity index (χ2n) is 7.48. The van der Waals surface area contributed by atoms with Gasteiger partial charge in [-0.1, -0.05) is 6.07 Å². The Bertz CT molecular complexity index is 757. The molecule has 1 amide bonds. The highest BCUT2D eigenvalue weighted by atomic mass is 16.5. The quantitative estimate of drug-likeness (QED) is 0.821. The summed E-state index contributed by atoms with van der Waals surface area (Å²) in [5.41, 5.74) is 2.99. The van der Waals surface area contributed by atoms with Crippen LogP contribution in [0, 0.1) is 0 Å². The number of anilines is 1. The standard InChI is InChI=1S/C21H28N4O2/c26-21(10-9-17-13-18-15-22-11-4-12-25(18)24-17)23-16-5-3-8-20(14-16)27-19-6-1-2-7-19/h3,5,8,13-14,19,22H,1-2,4,6-7,9-12,15H2,(H,23,26). The summed E-state index contributed by atoms with van der Waals surface area (Å²) in [6.45, 7) is 2.83. The summed E-state index contributed by atoms with van der Waals surface area (Å²) in [5, 5.41) is 11.0. The van der Waals surface area contributed by atoms with Crippen LogP contribution in [0.3, 0.4) is 0 Å². The molecule has 1 fully saturated rings. The van der Waals surface area contributed by atoms with E-state index in [1.807, 2.05) is 24.3 Å². The predicted octanol–water partition coefficient (Wildman–Crippen LogP) is 3.27. The lowest BCUT2D eigenvalue weighted by molar-refractivity contribution is -0.116. The Balaban J connectivity index is 1.29. The zero-order valence-electron chi connectivity index (χ0n) is 15.7. The third-order valence-electron chi connectivity index (χ3n) is 5.27. The molecule has 6 heteroatoms. The van der Waals surface area contributed by atoms with Crippen LogP contribution in [0.1, 0.15) is 49.9 Å². The maximum Gasteiger partial charge on any atom is 0.224 e. The monoisotopic (exact) mass is 368 g/mol. The molecule has 0 radical (unpaired) electrons. The van der Waals surface area contributed by atoms with Crippen LogP contribution in [0.2, 0.25) is 0 Å². The minimum atomic E-state index is 0.00864. The number of carbonyl (C=O) groups excluding carboxylic acids is 1. The molecule has 4 rings (SSSR count). The van der Waals surface area contributed by atoms with Crippen LogP contribution in [0.25, 0.3) is 0 Å². The average molecular weight is 368 g/mol. The van der Waals surface area contributed by atoms with Crippen molar-refractivity contribution in [3.8, 4) is 5.75 Å². The Labute approximate surface area is 160 Å². The number of fused-ring (bicyclic) bond motifs is 1. The van der Waals surface area contributed by atoms with Gasteiger partial charge in [-0.25, -0.2) is 0 Å². The molecule has 1 aliphatic heterocycles. The van der Waals surface area contributed by atoms with E-state index in [1.165, 1.54) is 18.5 Å². The number of hydrogen-bond donors (Lipinski definition) is 2. The highest BCUT2D eigenvalue weighted by Gasteiger charge is 2.17. The lowest BCUT2D eigenvalue weighted by Crippen LogP contribution is -2.14. The van der Waals surface area contributed by atoms with E-state index in [-0.39, 0.29) is 5.91 Å². The van der Waals surface area contributed by atoms with Gasteiger partial charge in [0.1, 0.15) is 5.75 Å². The summed E-state index contributed by atoms with van der Waals surface area (Å²) in [6, 6.07) is 9.83. The van der Waals surface area contributed by atoms with Crippen molar-refractivity contribution in [2.24, 2.45) is 0 Å². The minimum Gasteiger partial charge on any atom is -0.490 e. The van der Waals surface area contributed by atoms with E-state index in [4.69, 9.17) is 4.74 Å². The first-order valence-corrected chi connectivity index (χ1v) is 10.1.